The van der Waals surface area contributed by atoms with Gasteiger partial charge in [-0.15, -0.1) is 0 Å². The number of para-hydroxylation sites is 1. The Hall–Kier alpha value is -3.47. The van der Waals surface area contributed by atoms with Crippen molar-refractivity contribution in [3.63, 3.8) is 0 Å². The minimum atomic E-state index is -0.159. The van der Waals surface area contributed by atoms with Crippen LogP contribution in [0.3, 0.4) is 0 Å². The molecule has 1 unspecified atom stereocenters. The summed E-state index contributed by atoms with van der Waals surface area (Å²) in [6.45, 7) is 3.84. The van der Waals surface area contributed by atoms with Crippen molar-refractivity contribution in [2.75, 3.05) is 25.7 Å². The Kier molecular flexibility index (Phi) is 6.12. The number of anilines is 1. The molecular formula is C26H28N2O3. The SMILES string of the molecule is COc1ccc(C(C)NC(=O)c2ccc(CN3CCc4ccccc43)cc2)cc1OC. The van der Waals surface area contributed by atoms with Gasteiger partial charge < -0.3 is 19.7 Å². The highest BCUT2D eigenvalue weighted by Crippen LogP contribution is 2.30. The van der Waals surface area contributed by atoms with Crippen molar-refractivity contribution in [2.24, 2.45) is 0 Å². The Bertz CT molecular complexity index is 1060. The lowest BCUT2D eigenvalue weighted by molar-refractivity contribution is 0.0940. The standard InChI is InChI=1S/C26H28N2O3/c1-18(22-12-13-24(30-2)25(16-22)31-3)27-26(29)21-10-8-19(9-11-21)17-28-15-14-20-6-4-5-7-23(20)28/h4-13,16,18H,14-15,17H2,1-3H3,(H,27,29). The molecule has 5 heteroatoms. The second kappa shape index (κ2) is 9.13. The van der Waals surface area contributed by atoms with Gasteiger partial charge in [0.15, 0.2) is 11.5 Å². The summed E-state index contributed by atoms with van der Waals surface area (Å²) in [5.74, 6) is 1.22. The molecule has 0 aliphatic carbocycles. The minimum Gasteiger partial charge on any atom is -0.493 e. The van der Waals surface area contributed by atoms with E-state index in [0.29, 0.717) is 17.1 Å². The van der Waals surface area contributed by atoms with E-state index in [9.17, 15) is 4.79 Å². The van der Waals surface area contributed by atoms with Crippen LogP contribution in [-0.2, 0) is 13.0 Å². The highest BCUT2D eigenvalue weighted by Gasteiger charge is 2.19. The number of nitrogens with zero attached hydrogens (tertiary/aromatic N) is 1. The molecule has 0 radical (unpaired) electrons. The topological polar surface area (TPSA) is 50.8 Å². The van der Waals surface area contributed by atoms with E-state index in [4.69, 9.17) is 9.47 Å². The van der Waals surface area contributed by atoms with E-state index in [1.807, 2.05) is 49.4 Å². The Morgan fingerprint density at radius 2 is 1.74 bits per heavy atom. The fraction of sp³-hybridized carbons (Fsp3) is 0.269. The van der Waals surface area contributed by atoms with Crippen LogP contribution in [-0.4, -0.2) is 26.7 Å². The molecule has 160 valence electrons. The fourth-order valence-corrected chi connectivity index (χ4v) is 4.04. The third-order valence-corrected chi connectivity index (χ3v) is 5.83. The number of rotatable bonds is 7. The summed E-state index contributed by atoms with van der Waals surface area (Å²) in [6, 6.07) is 21.9. The van der Waals surface area contributed by atoms with Gasteiger partial charge in [-0.25, -0.2) is 0 Å². The number of carbonyl (C=O) groups is 1. The summed E-state index contributed by atoms with van der Waals surface area (Å²) >= 11 is 0. The van der Waals surface area contributed by atoms with Gasteiger partial charge >= 0.3 is 0 Å². The highest BCUT2D eigenvalue weighted by molar-refractivity contribution is 5.94. The Morgan fingerprint density at radius 1 is 1.00 bits per heavy atom. The van der Waals surface area contributed by atoms with Gasteiger partial charge in [-0.2, -0.15) is 0 Å². The van der Waals surface area contributed by atoms with Gasteiger partial charge in [-0.1, -0.05) is 36.4 Å². The Labute approximate surface area is 183 Å². The van der Waals surface area contributed by atoms with Gasteiger partial charge in [0.05, 0.1) is 20.3 Å². The van der Waals surface area contributed by atoms with Crippen LogP contribution < -0.4 is 19.7 Å². The quantitative estimate of drug-likeness (QED) is 0.604. The lowest BCUT2D eigenvalue weighted by Crippen LogP contribution is -2.26. The number of hydrogen-bond acceptors (Lipinski definition) is 4. The number of nitrogens with one attached hydrogen (secondary N) is 1. The number of methoxy groups -OCH3 is 2. The summed E-state index contributed by atoms with van der Waals surface area (Å²) in [4.78, 5) is 15.1. The molecule has 0 saturated carbocycles. The van der Waals surface area contributed by atoms with E-state index in [1.54, 1.807) is 14.2 Å². The summed E-state index contributed by atoms with van der Waals surface area (Å²) in [7, 11) is 3.21. The molecule has 1 aliphatic heterocycles. The third kappa shape index (κ3) is 4.50. The molecule has 3 aromatic rings. The summed E-state index contributed by atoms with van der Waals surface area (Å²) < 4.78 is 10.6. The maximum absolute atomic E-state index is 12.7. The lowest BCUT2D eigenvalue weighted by atomic mass is 10.1. The summed E-state index contributed by atoms with van der Waals surface area (Å²) in [5.41, 5.74) is 5.52. The first-order valence-corrected chi connectivity index (χ1v) is 10.5. The highest BCUT2D eigenvalue weighted by atomic mass is 16.5. The van der Waals surface area contributed by atoms with Gasteiger partial charge in [-0.05, 0) is 60.4 Å². The molecular weight excluding hydrogens is 388 g/mol. The normalized spacial score (nSPS) is 13.5. The van der Waals surface area contributed by atoms with Crippen molar-refractivity contribution in [3.05, 3.63) is 89.0 Å². The predicted molar refractivity (Wildman–Crippen MR) is 123 cm³/mol. The van der Waals surface area contributed by atoms with Crippen LogP contribution in [0.2, 0.25) is 0 Å². The number of ether oxygens (including phenoxy) is 2. The summed E-state index contributed by atoms with van der Waals surface area (Å²) in [5, 5.41) is 3.06. The molecule has 3 aromatic carbocycles. The van der Waals surface area contributed by atoms with Gasteiger partial charge in [0.2, 0.25) is 0 Å². The lowest BCUT2D eigenvalue weighted by Gasteiger charge is -2.20. The molecule has 0 spiro atoms. The van der Waals surface area contributed by atoms with Crippen LogP contribution in [0.25, 0.3) is 0 Å². The summed E-state index contributed by atoms with van der Waals surface area (Å²) in [6.07, 6.45) is 1.09. The van der Waals surface area contributed by atoms with Crippen molar-refractivity contribution in [1.82, 2.24) is 5.32 Å². The van der Waals surface area contributed by atoms with Crippen LogP contribution >= 0.6 is 0 Å². The second-order valence-corrected chi connectivity index (χ2v) is 7.81. The molecule has 31 heavy (non-hydrogen) atoms. The van der Waals surface area contributed by atoms with Crippen LogP contribution in [0, 0.1) is 0 Å². The molecule has 1 aliphatic rings. The zero-order valence-corrected chi connectivity index (χ0v) is 18.2. The van der Waals surface area contributed by atoms with E-state index >= 15 is 0 Å². The van der Waals surface area contributed by atoms with E-state index < -0.39 is 0 Å². The fourth-order valence-electron chi connectivity index (χ4n) is 4.04. The first-order chi connectivity index (χ1) is 15.1. The van der Waals surface area contributed by atoms with Gasteiger partial charge in [0.1, 0.15) is 0 Å². The predicted octanol–water partition coefficient (Wildman–Crippen LogP) is 4.76. The van der Waals surface area contributed by atoms with Crippen molar-refractivity contribution >= 4 is 11.6 Å². The van der Waals surface area contributed by atoms with Crippen molar-refractivity contribution in [3.8, 4) is 11.5 Å². The van der Waals surface area contributed by atoms with Crippen LogP contribution in [0.1, 0.15) is 40.0 Å². The van der Waals surface area contributed by atoms with E-state index in [2.05, 4.69) is 34.5 Å². The smallest absolute Gasteiger partial charge is 0.251 e. The molecule has 1 N–H and O–H groups in total. The molecule has 1 heterocycles. The number of carbonyl (C=O) groups excluding carboxylic acids is 1. The minimum absolute atomic E-state index is 0.0969. The molecule has 0 aromatic heterocycles. The third-order valence-electron chi connectivity index (χ3n) is 5.83. The number of fused-ring (bicyclic) bond motifs is 1. The Balaban J connectivity index is 1.39. The van der Waals surface area contributed by atoms with E-state index in [1.165, 1.54) is 16.8 Å². The van der Waals surface area contributed by atoms with E-state index in [0.717, 1.165) is 25.1 Å². The van der Waals surface area contributed by atoms with Crippen molar-refractivity contribution in [2.45, 2.75) is 25.9 Å². The number of benzene rings is 3. The Morgan fingerprint density at radius 3 is 2.48 bits per heavy atom. The van der Waals surface area contributed by atoms with Gasteiger partial charge in [-0.3, -0.25) is 4.79 Å². The average Bonchev–Trinajstić information content (AvgIpc) is 3.21. The number of amides is 1. The molecule has 0 bridgehead atoms. The van der Waals surface area contributed by atoms with Crippen LogP contribution in [0.5, 0.6) is 11.5 Å². The molecule has 1 atom stereocenters. The maximum Gasteiger partial charge on any atom is 0.251 e. The number of hydrogen-bond donors (Lipinski definition) is 1. The zero-order valence-electron chi connectivity index (χ0n) is 18.2. The van der Waals surface area contributed by atoms with Crippen LogP contribution in [0.15, 0.2) is 66.7 Å². The molecule has 0 fully saturated rings. The molecule has 1 amide bonds. The van der Waals surface area contributed by atoms with Gasteiger partial charge in [0, 0.05) is 24.3 Å². The van der Waals surface area contributed by atoms with Crippen molar-refractivity contribution in [1.29, 1.82) is 0 Å². The van der Waals surface area contributed by atoms with Crippen LogP contribution in [0.4, 0.5) is 5.69 Å². The van der Waals surface area contributed by atoms with Crippen molar-refractivity contribution < 1.29 is 14.3 Å². The monoisotopic (exact) mass is 416 g/mol. The second-order valence-electron chi connectivity index (χ2n) is 7.81. The largest absolute Gasteiger partial charge is 0.493 e. The van der Waals surface area contributed by atoms with E-state index in [-0.39, 0.29) is 11.9 Å². The molecule has 5 nitrogen and oxygen atoms in total. The first-order valence-electron chi connectivity index (χ1n) is 10.5. The zero-order chi connectivity index (χ0) is 21.8. The molecule has 0 saturated heterocycles. The molecule has 4 rings (SSSR count). The van der Waals surface area contributed by atoms with Gasteiger partial charge in [0.25, 0.3) is 5.91 Å². The maximum atomic E-state index is 12.7. The average molecular weight is 417 g/mol. The first kappa shape index (κ1) is 20.8.